The number of H-pyrrole nitrogens is 1. The number of aromatic amines is 1. The minimum atomic E-state index is 0.488. The van der Waals surface area contributed by atoms with Crippen LogP contribution in [0.25, 0.3) is 0 Å². The van der Waals surface area contributed by atoms with Gasteiger partial charge in [-0.05, 0) is 31.3 Å². The summed E-state index contributed by atoms with van der Waals surface area (Å²) in [7, 11) is 0. The molecule has 6 heteroatoms. The van der Waals surface area contributed by atoms with Crippen LogP contribution < -0.4 is 4.74 Å². The van der Waals surface area contributed by atoms with Gasteiger partial charge in [0.1, 0.15) is 5.75 Å². The van der Waals surface area contributed by atoms with Gasteiger partial charge in [-0.2, -0.15) is 14.9 Å². The van der Waals surface area contributed by atoms with E-state index in [9.17, 15) is 0 Å². The Morgan fingerprint density at radius 2 is 2.21 bits per heavy atom. The highest BCUT2D eigenvalue weighted by Crippen LogP contribution is 2.15. The summed E-state index contributed by atoms with van der Waals surface area (Å²) in [5, 5.41) is 11.2. The second-order valence-electron chi connectivity index (χ2n) is 3.83. The van der Waals surface area contributed by atoms with Crippen LogP contribution in [0.5, 0.6) is 5.75 Å². The third-order valence-electron chi connectivity index (χ3n) is 2.56. The van der Waals surface area contributed by atoms with Crippen molar-refractivity contribution in [3.63, 3.8) is 0 Å². The highest BCUT2D eigenvalue weighted by atomic mass is 32.1. The molecular formula is C13H16N4OS. The van der Waals surface area contributed by atoms with Crippen molar-refractivity contribution in [3.8, 4) is 5.75 Å². The summed E-state index contributed by atoms with van der Waals surface area (Å²) in [4.78, 5) is 0. The molecule has 0 atom stereocenters. The molecule has 1 aromatic heterocycles. The van der Waals surface area contributed by atoms with Gasteiger partial charge in [0.05, 0.1) is 12.8 Å². The molecular weight excluding hydrogens is 260 g/mol. The van der Waals surface area contributed by atoms with Crippen LogP contribution in [0.2, 0.25) is 0 Å². The fourth-order valence-electron chi connectivity index (χ4n) is 1.67. The molecule has 2 rings (SSSR count). The molecule has 0 spiro atoms. The van der Waals surface area contributed by atoms with E-state index in [1.807, 2.05) is 38.1 Å². The average molecular weight is 276 g/mol. The minimum Gasteiger partial charge on any atom is -0.493 e. The van der Waals surface area contributed by atoms with E-state index < -0.39 is 0 Å². The topological polar surface area (TPSA) is 55.2 Å². The van der Waals surface area contributed by atoms with Crippen LogP contribution in [-0.4, -0.2) is 27.7 Å². The SMILES string of the molecule is CCOc1ccccc1/C=N/n1c(CC)n[nH]c1=S. The van der Waals surface area contributed by atoms with Crippen LogP contribution in [0.3, 0.4) is 0 Å². The Kier molecular flexibility index (Phi) is 4.46. The number of nitrogens with one attached hydrogen (secondary N) is 1. The fraction of sp³-hybridized carbons (Fsp3) is 0.308. The van der Waals surface area contributed by atoms with Crippen molar-refractivity contribution in [1.29, 1.82) is 0 Å². The van der Waals surface area contributed by atoms with E-state index in [0.29, 0.717) is 11.4 Å². The van der Waals surface area contributed by atoms with Crippen LogP contribution in [0.4, 0.5) is 0 Å². The zero-order valence-corrected chi connectivity index (χ0v) is 11.8. The fourth-order valence-corrected chi connectivity index (χ4v) is 1.86. The Balaban J connectivity index is 2.32. The number of hydrogen-bond donors (Lipinski definition) is 1. The second kappa shape index (κ2) is 6.29. The third-order valence-corrected chi connectivity index (χ3v) is 2.83. The summed E-state index contributed by atoms with van der Waals surface area (Å²) in [6.45, 7) is 4.58. The molecule has 19 heavy (non-hydrogen) atoms. The molecule has 1 N–H and O–H groups in total. The lowest BCUT2D eigenvalue weighted by molar-refractivity contribution is 0.340. The van der Waals surface area contributed by atoms with E-state index >= 15 is 0 Å². The van der Waals surface area contributed by atoms with E-state index in [0.717, 1.165) is 23.6 Å². The van der Waals surface area contributed by atoms with E-state index in [-0.39, 0.29) is 0 Å². The van der Waals surface area contributed by atoms with Crippen LogP contribution in [0.15, 0.2) is 29.4 Å². The number of para-hydroxylation sites is 1. The molecule has 0 aliphatic carbocycles. The van der Waals surface area contributed by atoms with Gasteiger partial charge in [-0.15, -0.1) is 0 Å². The van der Waals surface area contributed by atoms with Crippen LogP contribution in [0.1, 0.15) is 25.2 Å². The van der Waals surface area contributed by atoms with Crippen molar-refractivity contribution < 1.29 is 4.74 Å². The zero-order chi connectivity index (χ0) is 13.7. The highest BCUT2D eigenvalue weighted by Gasteiger charge is 2.03. The monoisotopic (exact) mass is 276 g/mol. The van der Waals surface area contributed by atoms with Crippen LogP contribution in [-0.2, 0) is 6.42 Å². The summed E-state index contributed by atoms with van der Waals surface area (Å²) >= 11 is 5.14. The molecule has 0 unspecified atom stereocenters. The molecule has 2 aromatic rings. The molecule has 1 heterocycles. The molecule has 0 aliphatic rings. The predicted octanol–water partition coefficient (Wildman–Crippen LogP) is 2.78. The summed E-state index contributed by atoms with van der Waals surface area (Å²) in [6.07, 6.45) is 2.49. The first-order chi connectivity index (χ1) is 9.26. The minimum absolute atomic E-state index is 0.488. The van der Waals surface area contributed by atoms with Gasteiger partial charge < -0.3 is 4.74 Å². The van der Waals surface area contributed by atoms with Crippen molar-refractivity contribution in [2.45, 2.75) is 20.3 Å². The molecule has 0 bridgehead atoms. The quantitative estimate of drug-likeness (QED) is 0.675. The van der Waals surface area contributed by atoms with Gasteiger partial charge in [-0.3, -0.25) is 5.10 Å². The molecule has 0 aliphatic heterocycles. The van der Waals surface area contributed by atoms with Gasteiger partial charge in [-0.25, -0.2) is 0 Å². The van der Waals surface area contributed by atoms with Crippen molar-refractivity contribution >= 4 is 18.4 Å². The lowest BCUT2D eigenvalue weighted by Gasteiger charge is -2.05. The highest BCUT2D eigenvalue weighted by molar-refractivity contribution is 7.71. The van der Waals surface area contributed by atoms with Gasteiger partial charge in [0.2, 0.25) is 4.77 Å². The largest absolute Gasteiger partial charge is 0.493 e. The Morgan fingerprint density at radius 1 is 1.42 bits per heavy atom. The number of rotatable bonds is 5. The van der Waals surface area contributed by atoms with Crippen LogP contribution in [0, 0.1) is 4.77 Å². The molecule has 0 radical (unpaired) electrons. The van der Waals surface area contributed by atoms with E-state index in [2.05, 4.69) is 15.3 Å². The number of nitrogens with zero attached hydrogens (tertiary/aromatic N) is 3. The summed E-state index contributed by atoms with van der Waals surface area (Å²) in [6, 6.07) is 7.74. The molecule has 1 aromatic carbocycles. The Bertz CT molecular complexity index is 630. The molecule has 0 saturated carbocycles. The van der Waals surface area contributed by atoms with E-state index in [4.69, 9.17) is 17.0 Å². The van der Waals surface area contributed by atoms with E-state index in [1.165, 1.54) is 0 Å². The number of hydrogen-bond acceptors (Lipinski definition) is 4. The number of aromatic nitrogens is 3. The normalized spacial score (nSPS) is 11.1. The lowest BCUT2D eigenvalue weighted by atomic mass is 10.2. The maximum Gasteiger partial charge on any atom is 0.216 e. The van der Waals surface area contributed by atoms with Gasteiger partial charge >= 0.3 is 0 Å². The second-order valence-corrected chi connectivity index (χ2v) is 4.21. The Hall–Kier alpha value is -1.95. The number of benzene rings is 1. The third kappa shape index (κ3) is 3.08. The maximum absolute atomic E-state index is 5.54. The van der Waals surface area contributed by atoms with Gasteiger partial charge in [0, 0.05) is 12.0 Å². The number of ether oxygens (including phenoxy) is 1. The molecule has 0 saturated heterocycles. The maximum atomic E-state index is 5.54. The smallest absolute Gasteiger partial charge is 0.216 e. The Labute approximate surface area is 116 Å². The lowest BCUT2D eigenvalue weighted by Crippen LogP contribution is -1.99. The van der Waals surface area contributed by atoms with Crippen LogP contribution >= 0.6 is 12.2 Å². The average Bonchev–Trinajstić information content (AvgIpc) is 2.79. The van der Waals surface area contributed by atoms with E-state index in [1.54, 1.807) is 10.9 Å². The first-order valence-corrected chi connectivity index (χ1v) is 6.59. The van der Waals surface area contributed by atoms with Crippen molar-refractivity contribution in [2.75, 3.05) is 6.61 Å². The van der Waals surface area contributed by atoms with Gasteiger partial charge in [0.15, 0.2) is 5.82 Å². The summed E-state index contributed by atoms with van der Waals surface area (Å²) in [5.41, 5.74) is 0.912. The summed E-state index contributed by atoms with van der Waals surface area (Å²) in [5.74, 6) is 1.61. The van der Waals surface area contributed by atoms with Crippen molar-refractivity contribution in [1.82, 2.24) is 14.9 Å². The number of aryl methyl sites for hydroxylation is 1. The van der Waals surface area contributed by atoms with Gasteiger partial charge in [-0.1, -0.05) is 19.1 Å². The standard InChI is InChI=1S/C13H16N4OS/c1-3-12-15-16-13(19)17(12)14-9-10-7-5-6-8-11(10)18-4-2/h5-9H,3-4H2,1-2H3,(H,16,19)/b14-9+. The Morgan fingerprint density at radius 3 is 2.95 bits per heavy atom. The molecule has 100 valence electrons. The zero-order valence-electron chi connectivity index (χ0n) is 11.0. The molecule has 0 fully saturated rings. The first-order valence-electron chi connectivity index (χ1n) is 6.18. The van der Waals surface area contributed by atoms with Crippen molar-refractivity contribution in [2.24, 2.45) is 5.10 Å². The predicted molar refractivity (Wildman–Crippen MR) is 77.4 cm³/mol. The van der Waals surface area contributed by atoms with Gasteiger partial charge in [0.25, 0.3) is 0 Å². The molecule has 0 amide bonds. The van der Waals surface area contributed by atoms with Crippen molar-refractivity contribution in [3.05, 3.63) is 40.4 Å². The molecule has 5 nitrogen and oxygen atoms in total. The summed E-state index contributed by atoms with van der Waals surface area (Å²) < 4.78 is 7.65. The first kappa shape index (κ1) is 13.5.